The molecule has 5 aliphatic rings. The normalized spacial score (nSPS) is 51.7. The van der Waals surface area contributed by atoms with Gasteiger partial charge in [0.15, 0.2) is 0 Å². The number of allylic oxidation sites excluding steroid dienone is 1. The summed E-state index contributed by atoms with van der Waals surface area (Å²) in [6.07, 6.45) is 8.17. The highest BCUT2D eigenvalue weighted by Gasteiger charge is 2.75. The maximum absolute atomic E-state index is 12.8. The first-order valence-corrected chi connectivity index (χ1v) is 14.6. The summed E-state index contributed by atoms with van der Waals surface area (Å²) in [6, 6.07) is 0. The molecule has 37 heavy (non-hydrogen) atoms. The number of carboxylic acids is 1. The van der Waals surface area contributed by atoms with E-state index in [1.165, 1.54) is 6.92 Å². The number of carbonyl (C=O) groups excluding carboxylic acids is 2. The molecular weight excluding hydrogens is 464 g/mol. The van der Waals surface area contributed by atoms with Gasteiger partial charge in [-0.25, -0.2) is 0 Å². The molecule has 0 aromatic heterocycles. The molecule has 0 unspecified atom stereocenters. The minimum absolute atomic E-state index is 0.00263. The number of hydrogen-bond acceptors (Lipinski definition) is 4. The van der Waals surface area contributed by atoms with Crippen molar-refractivity contribution in [2.75, 3.05) is 0 Å². The summed E-state index contributed by atoms with van der Waals surface area (Å²) >= 11 is 0. The molecule has 5 fully saturated rings. The zero-order chi connectivity index (χ0) is 27.3. The first-order chi connectivity index (χ1) is 17.1. The van der Waals surface area contributed by atoms with Gasteiger partial charge in [-0.3, -0.25) is 9.59 Å². The summed E-state index contributed by atoms with van der Waals surface area (Å²) in [4.78, 5) is 37.8. The standard InChI is InChI=1S/C32H48O5/c1-18(2)20-11-14-32(27(35)36)16-15-29(6)21(25(20)32)9-10-24-30(29,7)13-12-23-28(4,5)26(37-19(3)34)22(17-33)31(23,24)8/h17,20-26H,1,9-16H2,2-8H3,(H,35,36)/t20-,21+,22+,23-,24-,25+,26+,29+,30+,31-,32-/m0/s1. The van der Waals surface area contributed by atoms with Gasteiger partial charge < -0.3 is 14.6 Å². The van der Waals surface area contributed by atoms with E-state index in [2.05, 4.69) is 48.1 Å². The van der Waals surface area contributed by atoms with Crippen LogP contribution in [0.5, 0.6) is 0 Å². The van der Waals surface area contributed by atoms with Crippen molar-refractivity contribution in [3.63, 3.8) is 0 Å². The predicted octanol–water partition coefficient (Wildman–Crippen LogP) is 6.70. The summed E-state index contributed by atoms with van der Waals surface area (Å²) in [5, 5.41) is 10.5. The molecule has 0 aromatic rings. The molecular formula is C32H48O5. The molecule has 11 atom stereocenters. The number of carboxylic acid groups (broad SMARTS) is 1. The zero-order valence-electron chi connectivity index (χ0n) is 24.1. The number of aldehydes is 1. The Morgan fingerprint density at radius 2 is 1.57 bits per heavy atom. The highest BCUT2D eigenvalue weighted by Crippen LogP contribution is 2.79. The number of hydrogen-bond donors (Lipinski definition) is 1. The average molecular weight is 513 g/mol. The fourth-order valence-corrected chi connectivity index (χ4v) is 12.0. The van der Waals surface area contributed by atoms with E-state index in [4.69, 9.17) is 4.74 Å². The van der Waals surface area contributed by atoms with Gasteiger partial charge in [-0.2, -0.15) is 0 Å². The van der Waals surface area contributed by atoms with Gasteiger partial charge in [-0.05, 0) is 104 Å². The maximum Gasteiger partial charge on any atom is 0.309 e. The number of rotatable bonds is 4. The second kappa shape index (κ2) is 8.18. The molecule has 206 valence electrons. The van der Waals surface area contributed by atoms with Gasteiger partial charge in [0, 0.05) is 12.3 Å². The Kier molecular flexibility index (Phi) is 5.95. The van der Waals surface area contributed by atoms with Crippen LogP contribution in [0.1, 0.15) is 99.8 Å². The Morgan fingerprint density at radius 1 is 0.892 bits per heavy atom. The van der Waals surface area contributed by atoms with Gasteiger partial charge in [-0.1, -0.05) is 46.8 Å². The molecule has 0 aliphatic heterocycles. The molecule has 0 spiro atoms. The molecule has 5 nitrogen and oxygen atoms in total. The van der Waals surface area contributed by atoms with Crippen molar-refractivity contribution in [3.05, 3.63) is 12.2 Å². The van der Waals surface area contributed by atoms with E-state index in [9.17, 15) is 19.5 Å². The van der Waals surface area contributed by atoms with Crippen molar-refractivity contribution >= 4 is 18.2 Å². The average Bonchev–Trinajstić information content (AvgIpc) is 3.27. The van der Waals surface area contributed by atoms with Crippen LogP contribution in [-0.4, -0.2) is 29.4 Å². The molecule has 5 rings (SSSR count). The molecule has 5 heteroatoms. The lowest BCUT2D eigenvalue weighted by Gasteiger charge is -2.70. The monoisotopic (exact) mass is 512 g/mol. The van der Waals surface area contributed by atoms with Crippen molar-refractivity contribution < 1.29 is 24.2 Å². The first kappa shape index (κ1) is 26.9. The topological polar surface area (TPSA) is 80.7 Å². The smallest absolute Gasteiger partial charge is 0.309 e. The molecule has 5 aliphatic carbocycles. The van der Waals surface area contributed by atoms with E-state index < -0.39 is 17.5 Å². The fourth-order valence-electron chi connectivity index (χ4n) is 12.0. The lowest BCUT2D eigenvalue weighted by Crippen LogP contribution is -2.65. The van der Waals surface area contributed by atoms with Crippen LogP contribution in [0.15, 0.2) is 12.2 Å². The SMILES string of the molecule is C=C(C)[C@@H]1CC[C@]2(C(=O)O)CC[C@]3(C)[C@H](CC[C@@H]4[C@@]5(C)[C@H](C=O)[C@@H](OC(C)=O)C(C)(C)[C@@H]5CC[C@]43C)[C@@H]12. The van der Waals surface area contributed by atoms with E-state index in [1.54, 1.807) is 0 Å². The van der Waals surface area contributed by atoms with E-state index in [1.807, 2.05) is 0 Å². The van der Waals surface area contributed by atoms with Gasteiger partial charge >= 0.3 is 11.9 Å². The largest absolute Gasteiger partial charge is 0.481 e. The Bertz CT molecular complexity index is 1030. The molecule has 5 saturated carbocycles. The lowest BCUT2D eigenvalue weighted by molar-refractivity contribution is -0.225. The van der Waals surface area contributed by atoms with Crippen LogP contribution in [0.25, 0.3) is 0 Å². The summed E-state index contributed by atoms with van der Waals surface area (Å²) in [5.74, 6) is 0.151. The quantitative estimate of drug-likeness (QED) is 0.258. The predicted molar refractivity (Wildman–Crippen MR) is 142 cm³/mol. The van der Waals surface area contributed by atoms with Crippen molar-refractivity contribution in [2.24, 2.45) is 62.6 Å². The first-order valence-electron chi connectivity index (χ1n) is 14.6. The van der Waals surface area contributed by atoms with Gasteiger partial charge in [0.2, 0.25) is 0 Å². The van der Waals surface area contributed by atoms with Crippen molar-refractivity contribution in [1.82, 2.24) is 0 Å². The maximum atomic E-state index is 12.8. The lowest BCUT2D eigenvalue weighted by atomic mass is 9.34. The van der Waals surface area contributed by atoms with Crippen molar-refractivity contribution in [1.29, 1.82) is 0 Å². The number of ether oxygens (including phenoxy) is 1. The van der Waals surface area contributed by atoms with Crippen LogP contribution in [0, 0.1) is 62.6 Å². The van der Waals surface area contributed by atoms with E-state index in [0.29, 0.717) is 17.8 Å². The van der Waals surface area contributed by atoms with Crippen LogP contribution < -0.4 is 0 Å². The number of carbonyl (C=O) groups is 3. The van der Waals surface area contributed by atoms with E-state index in [-0.39, 0.29) is 45.4 Å². The molecule has 0 aromatic carbocycles. The van der Waals surface area contributed by atoms with Crippen molar-refractivity contribution in [2.45, 2.75) is 106 Å². The summed E-state index contributed by atoms with van der Waals surface area (Å²) in [6.45, 7) is 19.5. The number of fused-ring (bicyclic) bond motifs is 7. The number of aliphatic carboxylic acids is 1. The Labute approximate surface area is 223 Å². The molecule has 0 amide bonds. The van der Waals surface area contributed by atoms with Crippen LogP contribution in [0.3, 0.4) is 0 Å². The van der Waals surface area contributed by atoms with E-state index >= 15 is 0 Å². The second-order valence-electron chi connectivity index (χ2n) is 15.0. The van der Waals surface area contributed by atoms with Gasteiger partial charge in [0.25, 0.3) is 0 Å². The summed E-state index contributed by atoms with van der Waals surface area (Å²) in [5.41, 5.74) is -0.00896. The zero-order valence-corrected chi connectivity index (χ0v) is 24.1. The summed E-state index contributed by atoms with van der Waals surface area (Å²) in [7, 11) is 0. The molecule has 1 N–H and O–H groups in total. The van der Waals surface area contributed by atoms with Gasteiger partial charge in [0.1, 0.15) is 12.4 Å². The minimum Gasteiger partial charge on any atom is -0.481 e. The molecule has 0 saturated heterocycles. The number of esters is 1. The third-order valence-corrected chi connectivity index (χ3v) is 13.8. The molecule has 0 heterocycles. The summed E-state index contributed by atoms with van der Waals surface area (Å²) < 4.78 is 5.92. The van der Waals surface area contributed by atoms with Crippen LogP contribution in [0.4, 0.5) is 0 Å². The highest BCUT2D eigenvalue weighted by atomic mass is 16.5. The van der Waals surface area contributed by atoms with E-state index in [0.717, 1.165) is 63.2 Å². The second-order valence-corrected chi connectivity index (χ2v) is 15.0. The van der Waals surface area contributed by atoms with Crippen LogP contribution in [0.2, 0.25) is 0 Å². The highest BCUT2D eigenvalue weighted by molar-refractivity contribution is 5.76. The molecule has 0 radical (unpaired) electrons. The Balaban J connectivity index is 1.60. The van der Waals surface area contributed by atoms with Gasteiger partial charge in [-0.15, -0.1) is 0 Å². The third kappa shape index (κ3) is 3.12. The van der Waals surface area contributed by atoms with Crippen molar-refractivity contribution in [3.8, 4) is 0 Å². The third-order valence-electron chi connectivity index (χ3n) is 13.8. The molecule has 0 bridgehead atoms. The Hall–Kier alpha value is -1.65. The van der Waals surface area contributed by atoms with Crippen LogP contribution in [-0.2, 0) is 19.1 Å². The minimum atomic E-state index is -0.626. The Morgan fingerprint density at radius 3 is 2.14 bits per heavy atom. The van der Waals surface area contributed by atoms with Gasteiger partial charge in [0.05, 0.1) is 11.3 Å². The van der Waals surface area contributed by atoms with Crippen LogP contribution >= 0.6 is 0 Å². The fraction of sp³-hybridized carbons (Fsp3) is 0.844.